The van der Waals surface area contributed by atoms with Gasteiger partial charge in [-0.05, 0) is 0 Å². The summed E-state index contributed by atoms with van der Waals surface area (Å²) in [5, 5.41) is 0. The predicted molar refractivity (Wildman–Crippen MR) is 102 cm³/mol. The first-order valence-electron chi connectivity index (χ1n) is 9.11. The van der Waals surface area contributed by atoms with E-state index >= 15 is 0 Å². The number of hydrogen-bond donors (Lipinski definition) is 0. The molecule has 24 heavy (non-hydrogen) atoms. The fourth-order valence-electron chi connectivity index (χ4n) is 4.36. The summed E-state index contributed by atoms with van der Waals surface area (Å²) in [6.45, 7) is 4.90. The quantitative estimate of drug-likeness (QED) is 0.525. The van der Waals surface area contributed by atoms with Gasteiger partial charge in [0.05, 0.1) is 0 Å². The first kappa shape index (κ1) is 16.5. The molecule has 0 radical (unpaired) electrons. The Morgan fingerprint density at radius 3 is 2.00 bits per heavy atom. The molecule has 120 valence electrons. The molecule has 2 aliphatic rings. The van der Waals surface area contributed by atoms with E-state index in [4.69, 9.17) is 0 Å². The first-order valence-corrected chi connectivity index (χ1v) is 17.4. The summed E-state index contributed by atoms with van der Waals surface area (Å²) in [7, 11) is 0. The SMILES string of the molecule is CC[Si](CC)=[Zr]([C]1=CC=CC1)[CH]1c2ccccc2-c2ccccc21. The van der Waals surface area contributed by atoms with Crippen molar-refractivity contribution in [2.45, 2.75) is 36.0 Å². The van der Waals surface area contributed by atoms with Crippen LogP contribution in [0.1, 0.15) is 35.0 Å². The van der Waals surface area contributed by atoms with Crippen molar-refractivity contribution < 1.29 is 20.4 Å². The third kappa shape index (κ3) is 2.68. The summed E-state index contributed by atoms with van der Waals surface area (Å²) in [5.41, 5.74) is 6.09. The second-order valence-electron chi connectivity index (χ2n) is 6.66. The molecule has 0 aromatic heterocycles. The van der Waals surface area contributed by atoms with Crippen molar-refractivity contribution in [1.82, 2.24) is 0 Å². The minimum atomic E-state index is -1.75. The van der Waals surface area contributed by atoms with Crippen LogP contribution in [-0.2, 0) is 20.4 Å². The van der Waals surface area contributed by atoms with Crippen molar-refractivity contribution in [3.8, 4) is 11.1 Å². The maximum atomic E-state index is 2.49. The molecule has 0 saturated heterocycles. The molecule has 2 aromatic rings. The van der Waals surface area contributed by atoms with Crippen molar-refractivity contribution in [3.63, 3.8) is 0 Å². The van der Waals surface area contributed by atoms with Crippen LogP contribution in [0.25, 0.3) is 11.1 Å². The Bertz CT molecular complexity index is 822. The molecule has 0 spiro atoms. The molecule has 0 atom stereocenters. The van der Waals surface area contributed by atoms with Gasteiger partial charge in [-0.25, -0.2) is 0 Å². The third-order valence-corrected chi connectivity index (χ3v) is 27.9. The first-order chi connectivity index (χ1) is 11.8. The number of hydrogen-bond acceptors (Lipinski definition) is 0. The molecule has 2 aromatic carbocycles. The van der Waals surface area contributed by atoms with Gasteiger partial charge >= 0.3 is 154 Å². The van der Waals surface area contributed by atoms with Gasteiger partial charge < -0.3 is 0 Å². The summed E-state index contributed by atoms with van der Waals surface area (Å²) in [6.07, 6.45) is 8.43. The van der Waals surface area contributed by atoms with E-state index in [0.29, 0.717) is 0 Å². The number of allylic oxidation sites excluding steroid dienone is 4. The summed E-state index contributed by atoms with van der Waals surface area (Å²) in [6, 6.07) is 21.4. The molecule has 0 fully saturated rings. The maximum absolute atomic E-state index is 2.49. The molecule has 0 N–H and O–H groups in total. The van der Waals surface area contributed by atoms with Gasteiger partial charge in [0, 0.05) is 0 Å². The average molecular weight is 408 g/mol. The van der Waals surface area contributed by atoms with Gasteiger partial charge in [-0.3, -0.25) is 0 Å². The molecule has 0 nitrogen and oxygen atoms in total. The third-order valence-electron chi connectivity index (χ3n) is 5.47. The van der Waals surface area contributed by atoms with Gasteiger partial charge in [0.2, 0.25) is 0 Å². The molecule has 0 unspecified atom stereocenters. The van der Waals surface area contributed by atoms with Crippen LogP contribution in [0.15, 0.2) is 70.0 Å². The number of rotatable bonds is 4. The Kier molecular flexibility index (Phi) is 4.88. The zero-order valence-electron chi connectivity index (χ0n) is 14.5. The average Bonchev–Trinajstić information content (AvgIpc) is 3.27. The van der Waals surface area contributed by atoms with Gasteiger partial charge in [-0.2, -0.15) is 0 Å². The van der Waals surface area contributed by atoms with E-state index in [0.717, 1.165) is 3.63 Å². The van der Waals surface area contributed by atoms with Crippen LogP contribution in [-0.4, -0.2) is 5.43 Å². The topological polar surface area (TPSA) is 0 Å². The van der Waals surface area contributed by atoms with Crippen LogP contribution in [0, 0.1) is 0 Å². The van der Waals surface area contributed by atoms with Crippen molar-refractivity contribution in [2.24, 2.45) is 0 Å². The van der Waals surface area contributed by atoms with Gasteiger partial charge in [-0.1, -0.05) is 0 Å². The molecule has 0 heterocycles. The monoisotopic (exact) mass is 406 g/mol. The molecule has 0 bridgehead atoms. The van der Waals surface area contributed by atoms with Crippen molar-refractivity contribution in [1.29, 1.82) is 0 Å². The summed E-state index contributed by atoms with van der Waals surface area (Å²) in [5.74, 6) is 0. The van der Waals surface area contributed by atoms with E-state index in [-0.39, 0.29) is 5.43 Å². The van der Waals surface area contributed by atoms with Crippen LogP contribution in [0.3, 0.4) is 0 Å². The van der Waals surface area contributed by atoms with E-state index in [2.05, 4.69) is 80.6 Å². The molecule has 2 aliphatic carbocycles. The van der Waals surface area contributed by atoms with E-state index in [1.165, 1.54) is 29.6 Å². The predicted octanol–water partition coefficient (Wildman–Crippen LogP) is 6.25. The van der Waals surface area contributed by atoms with Crippen LogP contribution in [0.4, 0.5) is 0 Å². The van der Waals surface area contributed by atoms with Crippen LogP contribution in [0.5, 0.6) is 0 Å². The second kappa shape index (κ2) is 7.10. The molecule has 0 saturated carbocycles. The van der Waals surface area contributed by atoms with Crippen LogP contribution < -0.4 is 0 Å². The van der Waals surface area contributed by atoms with E-state index < -0.39 is 20.4 Å². The van der Waals surface area contributed by atoms with E-state index in [9.17, 15) is 0 Å². The zero-order chi connectivity index (χ0) is 16.5. The Hall–Kier alpha value is -0.980. The Labute approximate surface area is 153 Å². The van der Waals surface area contributed by atoms with Gasteiger partial charge in [-0.15, -0.1) is 0 Å². The summed E-state index contributed by atoms with van der Waals surface area (Å²) >= 11 is -1.75. The summed E-state index contributed by atoms with van der Waals surface area (Å²) < 4.78 is 2.62. The molecular weight excluding hydrogens is 384 g/mol. The second-order valence-corrected chi connectivity index (χ2v) is 22.7. The molecule has 0 amide bonds. The van der Waals surface area contributed by atoms with Gasteiger partial charge in [0.25, 0.3) is 0 Å². The Balaban J connectivity index is 1.98. The zero-order valence-corrected chi connectivity index (χ0v) is 18.0. The van der Waals surface area contributed by atoms with Crippen LogP contribution in [0.2, 0.25) is 12.1 Å². The van der Waals surface area contributed by atoms with Crippen molar-refractivity contribution in [3.05, 3.63) is 81.2 Å². The van der Waals surface area contributed by atoms with Crippen molar-refractivity contribution in [2.75, 3.05) is 0 Å². The van der Waals surface area contributed by atoms with E-state index in [1.807, 2.05) is 3.28 Å². The molecule has 4 rings (SSSR count). The number of benzene rings is 2. The van der Waals surface area contributed by atoms with Crippen LogP contribution >= 0.6 is 0 Å². The minimum absolute atomic E-state index is 0.222. The van der Waals surface area contributed by atoms with Gasteiger partial charge in [0.1, 0.15) is 0 Å². The molecule has 0 aliphatic heterocycles. The van der Waals surface area contributed by atoms with Crippen molar-refractivity contribution >= 4 is 5.43 Å². The van der Waals surface area contributed by atoms with E-state index in [1.54, 1.807) is 11.1 Å². The summed E-state index contributed by atoms with van der Waals surface area (Å²) in [4.78, 5) is 0. The van der Waals surface area contributed by atoms with Gasteiger partial charge in [0.15, 0.2) is 0 Å². The Morgan fingerprint density at radius 2 is 1.50 bits per heavy atom. The molecular formula is C22H24SiZr. The number of fused-ring (bicyclic) bond motifs is 3. The Morgan fingerprint density at radius 1 is 0.917 bits per heavy atom. The fraction of sp³-hybridized carbons (Fsp3) is 0.273. The fourth-order valence-corrected chi connectivity index (χ4v) is 26.6. The standard InChI is InChI=1S/C13H9.C5H5.C4H10Si.Zr/c1-3-7-12-10(5-1)9-11-6-2-4-8-13(11)12;1-2-4-5-3-1;1-3-5-4-2;/h1-9H;1-3H,4H2;3-4H2,1-2H3;. The molecule has 2 heteroatoms. The normalized spacial score (nSPS) is 15.2.